The van der Waals surface area contributed by atoms with E-state index < -0.39 is 24.3 Å². The predicted molar refractivity (Wildman–Crippen MR) is 214 cm³/mol. The van der Waals surface area contributed by atoms with Crippen molar-refractivity contribution in [1.29, 1.82) is 0 Å². The zero-order chi connectivity index (χ0) is 39.3. The van der Waals surface area contributed by atoms with Crippen molar-refractivity contribution in [2.24, 2.45) is 0 Å². The number of nitrogens with zero attached hydrogens (tertiary/aromatic N) is 1. The van der Waals surface area contributed by atoms with Crippen LogP contribution < -0.4 is 5.11 Å². The highest BCUT2D eigenvalue weighted by atomic mass is 16.7. The molecule has 2 atom stereocenters. The Morgan fingerprint density at radius 2 is 0.962 bits per heavy atom. The fourth-order valence-electron chi connectivity index (χ4n) is 5.76. The van der Waals surface area contributed by atoms with E-state index in [1.54, 1.807) is 0 Å². The van der Waals surface area contributed by atoms with Crippen LogP contribution in [0.5, 0.6) is 0 Å². The third-order valence-electron chi connectivity index (χ3n) is 9.17. The molecule has 0 rings (SSSR count). The second-order valence-corrected chi connectivity index (χ2v) is 15.6. The summed E-state index contributed by atoms with van der Waals surface area (Å²) in [5, 5.41) is 11.7. The molecule has 0 aliphatic rings. The number of likely N-dealkylation sites (N-methyl/N-ethyl adjacent to an activating group) is 1. The van der Waals surface area contributed by atoms with Gasteiger partial charge in [0, 0.05) is 12.8 Å². The third kappa shape index (κ3) is 37.9. The molecule has 9 heteroatoms. The topological polar surface area (TPSA) is 111 Å². The molecule has 310 valence electrons. The lowest BCUT2D eigenvalue weighted by molar-refractivity contribution is -0.870. The Balaban J connectivity index is 4.50. The van der Waals surface area contributed by atoms with Gasteiger partial charge in [-0.3, -0.25) is 9.59 Å². The van der Waals surface area contributed by atoms with Gasteiger partial charge in [0.15, 0.2) is 12.4 Å². The molecule has 0 fully saturated rings. The lowest BCUT2D eigenvalue weighted by Gasteiger charge is -2.26. The molecule has 0 aliphatic carbocycles. The molecular formula is C44H81NO8. The Labute approximate surface area is 325 Å². The minimum atomic E-state index is -1.62. The van der Waals surface area contributed by atoms with Crippen molar-refractivity contribution >= 4 is 17.9 Å². The smallest absolute Gasteiger partial charge is 0.306 e. The van der Waals surface area contributed by atoms with Crippen LogP contribution >= 0.6 is 0 Å². The Morgan fingerprint density at radius 1 is 0.547 bits per heavy atom. The van der Waals surface area contributed by atoms with Gasteiger partial charge in [-0.15, -0.1) is 0 Å². The summed E-state index contributed by atoms with van der Waals surface area (Å²) in [6.07, 6.45) is 34.9. The van der Waals surface area contributed by atoms with Gasteiger partial charge >= 0.3 is 11.9 Å². The van der Waals surface area contributed by atoms with Crippen LogP contribution in [-0.2, 0) is 33.3 Å². The maximum absolute atomic E-state index is 12.7. The van der Waals surface area contributed by atoms with E-state index in [4.69, 9.17) is 18.9 Å². The summed E-state index contributed by atoms with van der Waals surface area (Å²) < 4.78 is 22.5. The summed E-state index contributed by atoms with van der Waals surface area (Å²) in [5.41, 5.74) is 0. The number of hydrogen-bond donors (Lipinski definition) is 0. The number of ether oxygens (including phenoxy) is 4. The molecule has 0 radical (unpaired) electrons. The molecule has 0 saturated heterocycles. The number of carbonyl (C=O) groups excluding carboxylic acids is 3. The molecule has 53 heavy (non-hydrogen) atoms. The minimum absolute atomic E-state index is 0.146. The average molecular weight is 752 g/mol. The summed E-state index contributed by atoms with van der Waals surface area (Å²) in [6.45, 7) is 4.69. The lowest BCUT2D eigenvalue weighted by atomic mass is 10.1. The molecule has 0 heterocycles. The average Bonchev–Trinajstić information content (AvgIpc) is 3.11. The number of quaternary nitrogens is 1. The van der Waals surface area contributed by atoms with Crippen LogP contribution in [0.2, 0.25) is 0 Å². The van der Waals surface area contributed by atoms with Crippen molar-refractivity contribution in [2.75, 3.05) is 47.5 Å². The van der Waals surface area contributed by atoms with Gasteiger partial charge < -0.3 is 33.3 Å². The van der Waals surface area contributed by atoms with E-state index in [0.29, 0.717) is 17.4 Å². The number of carboxylic acids is 1. The first-order valence-electron chi connectivity index (χ1n) is 21.5. The van der Waals surface area contributed by atoms with Gasteiger partial charge in [-0.1, -0.05) is 128 Å². The van der Waals surface area contributed by atoms with Gasteiger partial charge in [0.2, 0.25) is 0 Å². The molecule has 9 nitrogen and oxygen atoms in total. The van der Waals surface area contributed by atoms with Crippen LogP contribution in [-0.4, -0.2) is 82.3 Å². The molecule has 0 bridgehead atoms. The second kappa shape index (κ2) is 36.7. The van der Waals surface area contributed by atoms with Crippen molar-refractivity contribution < 1.29 is 42.9 Å². The number of hydrogen-bond acceptors (Lipinski definition) is 8. The maximum Gasteiger partial charge on any atom is 0.306 e. The highest BCUT2D eigenvalue weighted by molar-refractivity contribution is 5.70. The molecule has 0 spiro atoms. The van der Waals surface area contributed by atoms with E-state index in [2.05, 4.69) is 38.2 Å². The van der Waals surface area contributed by atoms with Gasteiger partial charge in [-0.25, -0.2) is 0 Å². The van der Waals surface area contributed by atoms with Crippen molar-refractivity contribution in [2.45, 2.75) is 193 Å². The summed E-state index contributed by atoms with van der Waals surface area (Å²) in [4.78, 5) is 36.9. The van der Waals surface area contributed by atoms with Gasteiger partial charge in [0.25, 0.3) is 0 Å². The molecule has 0 aliphatic heterocycles. The van der Waals surface area contributed by atoms with Crippen LogP contribution in [0.15, 0.2) is 24.3 Å². The van der Waals surface area contributed by atoms with Crippen molar-refractivity contribution in [1.82, 2.24) is 0 Å². The van der Waals surface area contributed by atoms with Crippen LogP contribution in [0.3, 0.4) is 0 Å². The lowest BCUT2D eigenvalue weighted by Crippen LogP contribution is -2.44. The van der Waals surface area contributed by atoms with Crippen LogP contribution in [0, 0.1) is 0 Å². The van der Waals surface area contributed by atoms with Gasteiger partial charge in [0.05, 0.1) is 40.3 Å². The van der Waals surface area contributed by atoms with Crippen molar-refractivity contribution in [3.8, 4) is 0 Å². The number of esters is 2. The zero-order valence-corrected chi connectivity index (χ0v) is 34.9. The highest BCUT2D eigenvalue weighted by Crippen LogP contribution is 2.13. The first-order valence-corrected chi connectivity index (χ1v) is 21.5. The SMILES string of the molecule is CCCCCC/C=C\CCCCCCCC(=O)OCC(COC(OCC[N+](C)(C)C)C(=O)[O-])OC(=O)CCCCCCC/C=C\CCCCCCCC. The van der Waals surface area contributed by atoms with Crippen molar-refractivity contribution in [3.63, 3.8) is 0 Å². The molecule has 0 aromatic rings. The molecule has 0 amide bonds. The number of carboxylic acid groups (broad SMARTS) is 1. The van der Waals surface area contributed by atoms with E-state index in [0.717, 1.165) is 70.6 Å². The van der Waals surface area contributed by atoms with E-state index >= 15 is 0 Å². The molecule has 0 N–H and O–H groups in total. The molecule has 2 unspecified atom stereocenters. The second-order valence-electron chi connectivity index (χ2n) is 15.6. The van der Waals surface area contributed by atoms with Gasteiger partial charge in [0.1, 0.15) is 13.2 Å². The maximum atomic E-state index is 12.7. The monoisotopic (exact) mass is 752 g/mol. The Kier molecular flexibility index (Phi) is 35.2. The summed E-state index contributed by atoms with van der Waals surface area (Å²) >= 11 is 0. The summed E-state index contributed by atoms with van der Waals surface area (Å²) in [7, 11) is 5.90. The third-order valence-corrected chi connectivity index (χ3v) is 9.17. The number of allylic oxidation sites excluding steroid dienone is 4. The van der Waals surface area contributed by atoms with E-state index in [1.807, 2.05) is 21.1 Å². The van der Waals surface area contributed by atoms with Gasteiger partial charge in [-0.05, 0) is 64.2 Å². The molecule has 0 saturated carbocycles. The van der Waals surface area contributed by atoms with Crippen molar-refractivity contribution in [3.05, 3.63) is 24.3 Å². The van der Waals surface area contributed by atoms with E-state index in [-0.39, 0.29) is 38.6 Å². The Hall–Kier alpha value is -2.23. The first kappa shape index (κ1) is 50.8. The first-order chi connectivity index (χ1) is 25.6. The largest absolute Gasteiger partial charge is 0.545 e. The standard InChI is InChI=1S/C44H81NO8/c1-6-8-10-12-14-16-18-20-21-23-25-27-29-31-33-35-42(47)53-40(39-52-44(43(48)49)50-37-36-45(3,4)5)38-51-41(46)34-32-30-28-26-24-22-19-17-15-13-11-9-7-2/h17,19-21,40,44H,6-16,18,22-39H2,1-5H3/b19-17-,21-20-. The molecular weight excluding hydrogens is 670 g/mol. The summed E-state index contributed by atoms with van der Waals surface area (Å²) in [6, 6.07) is 0. The fourth-order valence-corrected chi connectivity index (χ4v) is 5.76. The highest BCUT2D eigenvalue weighted by Gasteiger charge is 2.21. The van der Waals surface area contributed by atoms with Crippen LogP contribution in [0.25, 0.3) is 0 Å². The number of carbonyl (C=O) groups is 3. The number of rotatable bonds is 39. The minimum Gasteiger partial charge on any atom is -0.545 e. The molecule has 0 aromatic carbocycles. The fraction of sp³-hybridized carbons (Fsp3) is 0.841. The van der Waals surface area contributed by atoms with Crippen LogP contribution in [0.4, 0.5) is 0 Å². The van der Waals surface area contributed by atoms with E-state index in [9.17, 15) is 19.5 Å². The Bertz CT molecular complexity index is 929. The quantitative estimate of drug-likeness (QED) is 0.0201. The normalized spacial score (nSPS) is 13.2. The number of aliphatic carboxylic acids is 1. The predicted octanol–water partition coefficient (Wildman–Crippen LogP) is 9.55. The van der Waals surface area contributed by atoms with Crippen LogP contribution in [0.1, 0.15) is 181 Å². The Morgan fingerprint density at radius 3 is 1.42 bits per heavy atom. The molecule has 0 aromatic heterocycles. The zero-order valence-electron chi connectivity index (χ0n) is 34.9. The summed E-state index contributed by atoms with van der Waals surface area (Å²) in [5.74, 6) is -2.31. The number of unbranched alkanes of at least 4 members (excludes halogenated alkanes) is 20. The van der Waals surface area contributed by atoms with Gasteiger partial charge in [-0.2, -0.15) is 0 Å². The van der Waals surface area contributed by atoms with E-state index in [1.165, 1.54) is 77.0 Å².